The number of carboxylic acid groups (broad SMARTS) is 1. The number of aliphatic carboxylic acids is 1. The summed E-state index contributed by atoms with van der Waals surface area (Å²) in [5.41, 5.74) is -0.345. The highest BCUT2D eigenvalue weighted by Crippen LogP contribution is 2.14. The van der Waals surface area contributed by atoms with Crippen LogP contribution in [-0.2, 0) is 14.6 Å². The summed E-state index contributed by atoms with van der Waals surface area (Å²) in [4.78, 5) is 21.0. The number of unbranched alkanes of at least 4 members (excludes halogenated alkanes) is 1. The number of carbonyl (C=O) groups is 1. The molecule has 0 aliphatic heterocycles. The highest BCUT2D eigenvalue weighted by Gasteiger charge is 2.17. The van der Waals surface area contributed by atoms with Crippen LogP contribution in [0.2, 0.25) is 0 Å². The minimum absolute atomic E-state index is 0.316. The predicted octanol–water partition coefficient (Wildman–Crippen LogP) is 3.01. The minimum Gasteiger partial charge on any atom is -0.481 e. The van der Waals surface area contributed by atoms with Crippen LogP contribution in [0.1, 0.15) is 53.4 Å². The van der Waals surface area contributed by atoms with E-state index in [1.807, 2.05) is 20.8 Å². The Labute approximate surface area is 97.9 Å². The summed E-state index contributed by atoms with van der Waals surface area (Å²) in [5, 5.41) is 8.96. The molecule has 0 aromatic heterocycles. The minimum atomic E-state index is -0.743. The van der Waals surface area contributed by atoms with E-state index >= 15 is 0 Å². The van der Waals surface area contributed by atoms with Gasteiger partial charge in [-0.2, -0.15) is 0 Å². The van der Waals surface area contributed by atoms with Crippen molar-refractivity contribution in [1.29, 1.82) is 0 Å². The molecule has 0 saturated carbocycles. The topological polar surface area (TPSA) is 55.8 Å². The molecule has 0 aromatic rings. The first-order valence-corrected chi connectivity index (χ1v) is 5.90. The van der Waals surface area contributed by atoms with Crippen molar-refractivity contribution in [2.75, 3.05) is 6.61 Å². The van der Waals surface area contributed by atoms with Gasteiger partial charge in [0.2, 0.25) is 0 Å². The van der Waals surface area contributed by atoms with Gasteiger partial charge in [-0.1, -0.05) is 19.8 Å². The molecule has 0 aromatic carbocycles. The standard InChI is InChI=1S/C12H24O4/c1-5-6-7-10(11(13)14)8-9-15-16-12(2,3)4/h10H,5-9H2,1-4H3,(H,13,14). The van der Waals surface area contributed by atoms with Crippen LogP contribution in [0.25, 0.3) is 0 Å². The Bertz CT molecular complexity index is 196. The van der Waals surface area contributed by atoms with E-state index in [0.29, 0.717) is 19.4 Å². The molecule has 0 radical (unpaired) electrons. The van der Waals surface area contributed by atoms with Crippen molar-refractivity contribution < 1.29 is 19.7 Å². The third-order valence-corrected chi connectivity index (χ3v) is 2.11. The van der Waals surface area contributed by atoms with Gasteiger partial charge in [0.1, 0.15) is 0 Å². The number of hydrogen-bond acceptors (Lipinski definition) is 3. The lowest BCUT2D eigenvalue weighted by Crippen LogP contribution is -2.21. The van der Waals surface area contributed by atoms with E-state index in [2.05, 4.69) is 6.92 Å². The SMILES string of the molecule is CCCCC(CCOOC(C)(C)C)C(=O)O. The van der Waals surface area contributed by atoms with Gasteiger partial charge in [0.05, 0.1) is 18.1 Å². The molecule has 0 heterocycles. The maximum Gasteiger partial charge on any atom is 0.306 e. The van der Waals surface area contributed by atoms with E-state index in [1.165, 1.54) is 0 Å². The molecule has 96 valence electrons. The second kappa shape index (κ2) is 7.63. The number of hydrogen-bond donors (Lipinski definition) is 1. The molecule has 0 bridgehead atoms. The molecule has 0 aliphatic carbocycles. The predicted molar refractivity (Wildman–Crippen MR) is 62.1 cm³/mol. The van der Waals surface area contributed by atoms with Crippen LogP contribution in [-0.4, -0.2) is 23.3 Å². The Morgan fingerprint density at radius 1 is 1.31 bits per heavy atom. The molecule has 0 rings (SSSR count). The zero-order chi connectivity index (χ0) is 12.6. The van der Waals surface area contributed by atoms with E-state index in [0.717, 1.165) is 12.8 Å². The smallest absolute Gasteiger partial charge is 0.306 e. The molecule has 0 fully saturated rings. The van der Waals surface area contributed by atoms with Crippen molar-refractivity contribution in [3.63, 3.8) is 0 Å². The monoisotopic (exact) mass is 232 g/mol. The fourth-order valence-corrected chi connectivity index (χ4v) is 1.25. The van der Waals surface area contributed by atoms with Crippen LogP contribution in [0.3, 0.4) is 0 Å². The highest BCUT2D eigenvalue weighted by atomic mass is 17.2. The maximum absolute atomic E-state index is 10.9. The Hall–Kier alpha value is -0.610. The summed E-state index contributed by atoms with van der Waals surface area (Å²) >= 11 is 0. The van der Waals surface area contributed by atoms with Gasteiger partial charge in [-0.25, -0.2) is 9.78 Å². The second-order valence-electron chi connectivity index (χ2n) is 4.98. The molecule has 1 atom stereocenters. The quantitative estimate of drug-likeness (QED) is 0.397. The van der Waals surface area contributed by atoms with Gasteiger partial charge >= 0.3 is 5.97 Å². The zero-order valence-electron chi connectivity index (χ0n) is 10.8. The molecular weight excluding hydrogens is 208 g/mol. The van der Waals surface area contributed by atoms with Gasteiger partial charge in [-0.15, -0.1) is 0 Å². The van der Waals surface area contributed by atoms with Gasteiger partial charge < -0.3 is 5.11 Å². The zero-order valence-corrected chi connectivity index (χ0v) is 10.8. The molecule has 16 heavy (non-hydrogen) atoms. The first kappa shape index (κ1) is 15.4. The fraction of sp³-hybridized carbons (Fsp3) is 0.917. The van der Waals surface area contributed by atoms with Gasteiger partial charge in [0, 0.05) is 0 Å². The molecular formula is C12H24O4. The number of rotatable bonds is 8. The molecule has 0 aliphatic rings. The lowest BCUT2D eigenvalue weighted by atomic mass is 9.99. The molecule has 1 unspecified atom stereocenters. The molecule has 0 saturated heterocycles. The van der Waals surface area contributed by atoms with Crippen molar-refractivity contribution in [1.82, 2.24) is 0 Å². The third kappa shape index (κ3) is 8.68. The molecule has 0 amide bonds. The summed E-state index contributed by atoms with van der Waals surface area (Å²) in [6, 6.07) is 0. The Kier molecular flexibility index (Phi) is 7.34. The second-order valence-corrected chi connectivity index (χ2v) is 4.98. The Morgan fingerprint density at radius 2 is 1.94 bits per heavy atom. The summed E-state index contributed by atoms with van der Waals surface area (Å²) < 4.78 is 0. The summed E-state index contributed by atoms with van der Waals surface area (Å²) in [6.07, 6.45) is 3.18. The Balaban J connectivity index is 3.72. The van der Waals surface area contributed by atoms with Crippen molar-refractivity contribution in [3.05, 3.63) is 0 Å². The van der Waals surface area contributed by atoms with Crippen LogP contribution in [0.15, 0.2) is 0 Å². The van der Waals surface area contributed by atoms with E-state index in [1.54, 1.807) is 0 Å². The maximum atomic E-state index is 10.9. The number of carboxylic acids is 1. The highest BCUT2D eigenvalue weighted by molar-refractivity contribution is 5.69. The van der Waals surface area contributed by atoms with Crippen LogP contribution < -0.4 is 0 Å². The first-order valence-electron chi connectivity index (χ1n) is 5.90. The third-order valence-electron chi connectivity index (χ3n) is 2.11. The van der Waals surface area contributed by atoms with Gasteiger partial charge in [0.25, 0.3) is 0 Å². The van der Waals surface area contributed by atoms with E-state index in [4.69, 9.17) is 14.9 Å². The molecule has 4 heteroatoms. The summed E-state index contributed by atoms with van der Waals surface area (Å²) in [6.45, 7) is 8.05. The summed E-state index contributed by atoms with van der Waals surface area (Å²) in [7, 11) is 0. The molecule has 0 spiro atoms. The van der Waals surface area contributed by atoms with Gasteiger partial charge in [-0.3, -0.25) is 4.79 Å². The average Bonchev–Trinajstić information content (AvgIpc) is 2.14. The fourth-order valence-electron chi connectivity index (χ4n) is 1.25. The normalized spacial score (nSPS) is 13.8. The van der Waals surface area contributed by atoms with E-state index in [-0.39, 0.29) is 11.5 Å². The average molecular weight is 232 g/mol. The van der Waals surface area contributed by atoms with Crippen LogP contribution >= 0.6 is 0 Å². The molecule has 1 N–H and O–H groups in total. The lowest BCUT2D eigenvalue weighted by molar-refractivity contribution is -0.349. The molecule has 4 nitrogen and oxygen atoms in total. The van der Waals surface area contributed by atoms with Crippen LogP contribution in [0.4, 0.5) is 0 Å². The van der Waals surface area contributed by atoms with Gasteiger partial charge in [-0.05, 0) is 33.6 Å². The van der Waals surface area contributed by atoms with Crippen molar-refractivity contribution in [2.24, 2.45) is 5.92 Å². The van der Waals surface area contributed by atoms with E-state index < -0.39 is 5.97 Å². The van der Waals surface area contributed by atoms with Gasteiger partial charge in [0.15, 0.2) is 0 Å². The van der Waals surface area contributed by atoms with E-state index in [9.17, 15) is 4.79 Å². The van der Waals surface area contributed by atoms with Crippen LogP contribution in [0.5, 0.6) is 0 Å². The first-order chi connectivity index (χ1) is 7.37. The lowest BCUT2D eigenvalue weighted by Gasteiger charge is -2.18. The largest absolute Gasteiger partial charge is 0.481 e. The van der Waals surface area contributed by atoms with Crippen molar-refractivity contribution in [2.45, 2.75) is 59.0 Å². The van der Waals surface area contributed by atoms with Crippen molar-refractivity contribution in [3.8, 4) is 0 Å². The summed E-state index contributed by atoms with van der Waals surface area (Å²) in [5.74, 6) is -1.06. The van der Waals surface area contributed by atoms with Crippen LogP contribution in [0, 0.1) is 5.92 Å². The van der Waals surface area contributed by atoms with Crippen molar-refractivity contribution >= 4 is 5.97 Å². The Morgan fingerprint density at radius 3 is 2.38 bits per heavy atom.